The van der Waals surface area contributed by atoms with Crippen LogP contribution in [0.2, 0.25) is 0 Å². The van der Waals surface area contributed by atoms with Crippen LogP contribution in [0, 0.1) is 12.8 Å². The molecule has 0 radical (unpaired) electrons. The molecule has 2 aliphatic heterocycles. The molecule has 2 aromatic carbocycles. The van der Waals surface area contributed by atoms with Crippen LogP contribution < -0.4 is 10.2 Å². The fourth-order valence-corrected chi connectivity index (χ4v) is 4.15. The van der Waals surface area contributed by atoms with Crippen LogP contribution in [0.25, 0.3) is 0 Å². The number of carbonyl (C=O) groups is 3. The Morgan fingerprint density at radius 2 is 1.71 bits per heavy atom. The third kappa shape index (κ3) is 4.21. The molecule has 4 rings (SSSR count). The maximum atomic E-state index is 12.9. The van der Waals surface area contributed by atoms with Crippen molar-refractivity contribution in [1.82, 2.24) is 4.90 Å². The lowest BCUT2D eigenvalue weighted by Crippen LogP contribution is -2.39. The molecule has 0 saturated carbocycles. The fraction of sp³-hybridized carbons (Fsp3) is 0.292. The van der Waals surface area contributed by atoms with Gasteiger partial charge in [0.25, 0.3) is 17.7 Å². The summed E-state index contributed by atoms with van der Waals surface area (Å²) in [7, 11) is 0. The topological polar surface area (TPSA) is 69.7 Å². The monoisotopic (exact) mass is 437 g/mol. The zero-order valence-electron chi connectivity index (χ0n) is 17.5. The maximum Gasteiger partial charge on any atom is 0.283 e. The molecular weight excluding hydrogens is 414 g/mol. The van der Waals surface area contributed by atoms with Crippen molar-refractivity contribution in [3.63, 3.8) is 0 Å². The number of hydrogen-bond acceptors (Lipinski definition) is 4. The first-order chi connectivity index (χ1) is 14.8. The first kappa shape index (κ1) is 21.1. The first-order valence-corrected chi connectivity index (χ1v) is 10.7. The lowest BCUT2D eigenvalue weighted by Gasteiger charge is -2.31. The van der Waals surface area contributed by atoms with E-state index in [0.717, 1.165) is 36.4 Å². The maximum absolute atomic E-state index is 12.9. The number of hydrogen-bond donors (Lipinski definition) is 1. The Morgan fingerprint density at radius 3 is 2.35 bits per heavy atom. The van der Waals surface area contributed by atoms with Crippen molar-refractivity contribution < 1.29 is 14.4 Å². The lowest BCUT2D eigenvalue weighted by atomic mass is 9.99. The summed E-state index contributed by atoms with van der Waals surface area (Å²) >= 11 is 6.19. The van der Waals surface area contributed by atoms with Crippen molar-refractivity contribution in [2.75, 3.05) is 23.3 Å². The Labute approximate surface area is 186 Å². The summed E-state index contributed by atoms with van der Waals surface area (Å²) in [6.45, 7) is 5.63. The summed E-state index contributed by atoms with van der Waals surface area (Å²) in [5, 5.41) is 2.79. The van der Waals surface area contributed by atoms with E-state index >= 15 is 0 Å². The second-order valence-electron chi connectivity index (χ2n) is 8.17. The van der Waals surface area contributed by atoms with E-state index < -0.39 is 11.8 Å². The summed E-state index contributed by atoms with van der Waals surface area (Å²) in [4.78, 5) is 41.1. The molecule has 2 aromatic rings. The van der Waals surface area contributed by atoms with Crippen molar-refractivity contribution in [3.05, 3.63) is 70.4 Å². The van der Waals surface area contributed by atoms with E-state index in [1.807, 2.05) is 24.0 Å². The Bertz CT molecular complexity index is 1060. The van der Waals surface area contributed by atoms with Crippen LogP contribution in [0.3, 0.4) is 0 Å². The number of rotatable bonds is 4. The van der Waals surface area contributed by atoms with E-state index in [4.69, 9.17) is 11.6 Å². The molecule has 1 unspecified atom stereocenters. The van der Waals surface area contributed by atoms with Crippen LogP contribution in [-0.4, -0.2) is 35.7 Å². The van der Waals surface area contributed by atoms with Gasteiger partial charge in [0.2, 0.25) is 0 Å². The highest BCUT2D eigenvalue weighted by Gasteiger charge is 2.38. The van der Waals surface area contributed by atoms with Gasteiger partial charge in [-0.3, -0.25) is 14.4 Å². The van der Waals surface area contributed by atoms with Crippen molar-refractivity contribution in [2.24, 2.45) is 5.92 Å². The van der Waals surface area contributed by atoms with E-state index in [0.29, 0.717) is 22.9 Å². The lowest BCUT2D eigenvalue weighted by molar-refractivity contribution is -0.120. The van der Waals surface area contributed by atoms with Gasteiger partial charge in [0.15, 0.2) is 0 Å². The summed E-state index contributed by atoms with van der Waals surface area (Å²) in [6, 6.07) is 13.9. The normalized spacial score (nSPS) is 19.3. The van der Waals surface area contributed by atoms with Crippen LogP contribution in [0.5, 0.6) is 0 Å². The highest BCUT2D eigenvalue weighted by atomic mass is 35.5. The molecule has 7 heteroatoms. The van der Waals surface area contributed by atoms with E-state index in [-0.39, 0.29) is 16.6 Å². The van der Waals surface area contributed by atoms with Crippen molar-refractivity contribution in [2.45, 2.75) is 26.7 Å². The minimum absolute atomic E-state index is 0.00742. The molecule has 0 bridgehead atoms. The number of carbonyl (C=O) groups excluding carboxylic acids is 3. The zero-order valence-corrected chi connectivity index (χ0v) is 18.3. The second-order valence-corrected chi connectivity index (χ2v) is 8.55. The van der Waals surface area contributed by atoms with Crippen molar-refractivity contribution in [1.29, 1.82) is 0 Å². The van der Waals surface area contributed by atoms with Crippen LogP contribution in [-0.2, 0) is 9.59 Å². The molecule has 0 spiro atoms. The number of amides is 3. The number of aryl methyl sites for hydroxylation is 1. The highest BCUT2D eigenvalue weighted by Crippen LogP contribution is 2.30. The van der Waals surface area contributed by atoms with Gasteiger partial charge < -0.3 is 10.2 Å². The molecule has 1 atom stereocenters. The second kappa shape index (κ2) is 8.55. The van der Waals surface area contributed by atoms with Gasteiger partial charge in [0, 0.05) is 24.3 Å². The quantitative estimate of drug-likeness (QED) is 0.724. The highest BCUT2D eigenvalue weighted by molar-refractivity contribution is 6.53. The zero-order chi connectivity index (χ0) is 22.1. The number of anilines is 2. The number of halogens is 1. The minimum Gasteiger partial charge on any atom is -0.350 e. The Balaban J connectivity index is 1.48. The molecule has 1 fully saturated rings. The predicted octanol–water partition coefficient (Wildman–Crippen LogP) is 4.30. The molecule has 0 aromatic heterocycles. The molecule has 2 heterocycles. The number of benzene rings is 2. The Hall–Kier alpha value is -3.12. The van der Waals surface area contributed by atoms with Crippen LogP contribution in [0.4, 0.5) is 11.4 Å². The summed E-state index contributed by atoms with van der Waals surface area (Å²) in [6.07, 6.45) is 2.17. The third-order valence-electron chi connectivity index (χ3n) is 5.66. The van der Waals surface area contributed by atoms with Crippen LogP contribution in [0.1, 0.15) is 35.7 Å². The molecule has 6 nitrogen and oxygen atoms in total. The van der Waals surface area contributed by atoms with E-state index in [1.165, 1.54) is 0 Å². The molecular formula is C24H24ClN3O3. The van der Waals surface area contributed by atoms with E-state index in [9.17, 15) is 14.4 Å². The fourth-order valence-electron chi connectivity index (χ4n) is 3.94. The average Bonchev–Trinajstić information content (AvgIpc) is 2.98. The summed E-state index contributed by atoms with van der Waals surface area (Å²) in [5.41, 5.74) is 2.68. The van der Waals surface area contributed by atoms with Gasteiger partial charge in [-0.1, -0.05) is 36.2 Å². The van der Waals surface area contributed by atoms with Crippen LogP contribution >= 0.6 is 11.6 Å². The van der Waals surface area contributed by atoms with Gasteiger partial charge >= 0.3 is 0 Å². The standard InChI is InChI=1S/C24H24ClN3O3/c1-15-5-11-19(12-6-15)28-23(30)20(25)21(24(28)31)26-18-9-7-17(8-10-18)22(29)27-13-3-4-16(2)14-27/h5-12,16,26H,3-4,13-14H2,1-2H3. The number of imide groups is 1. The SMILES string of the molecule is Cc1ccc(N2C(=O)C(Cl)=C(Nc3ccc(C(=O)N4CCCC(C)C4)cc3)C2=O)cc1. The molecule has 160 valence electrons. The predicted molar refractivity (Wildman–Crippen MR) is 121 cm³/mol. The van der Waals surface area contributed by atoms with Gasteiger partial charge in [-0.15, -0.1) is 0 Å². The Morgan fingerprint density at radius 1 is 1.03 bits per heavy atom. The minimum atomic E-state index is -0.566. The van der Waals surface area contributed by atoms with Gasteiger partial charge in [0.1, 0.15) is 10.7 Å². The number of likely N-dealkylation sites (tertiary alicyclic amines) is 1. The van der Waals surface area contributed by atoms with E-state index in [2.05, 4.69) is 12.2 Å². The molecule has 3 amide bonds. The molecule has 1 N–H and O–H groups in total. The summed E-state index contributed by atoms with van der Waals surface area (Å²) in [5.74, 6) is -0.562. The summed E-state index contributed by atoms with van der Waals surface area (Å²) < 4.78 is 0. The van der Waals surface area contributed by atoms with Gasteiger partial charge in [-0.05, 0) is 62.1 Å². The van der Waals surface area contributed by atoms with Gasteiger partial charge in [-0.2, -0.15) is 0 Å². The number of nitrogens with zero attached hydrogens (tertiary/aromatic N) is 2. The van der Waals surface area contributed by atoms with E-state index in [1.54, 1.807) is 36.4 Å². The molecule has 0 aliphatic carbocycles. The molecule has 2 aliphatic rings. The molecule has 1 saturated heterocycles. The van der Waals surface area contributed by atoms with Gasteiger partial charge in [-0.25, -0.2) is 4.90 Å². The van der Waals surface area contributed by atoms with Crippen molar-refractivity contribution in [3.8, 4) is 0 Å². The third-order valence-corrected chi connectivity index (χ3v) is 6.02. The average molecular weight is 438 g/mol. The van der Waals surface area contributed by atoms with Crippen molar-refractivity contribution >= 4 is 40.7 Å². The number of piperidine rings is 1. The number of nitrogens with one attached hydrogen (secondary N) is 1. The largest absolute Gasteiger partial charge is 0.350 e. The smallest absolute Gasteiger partial charge is 0.283 e. The Kier molecular flexibility index (Phi) is 5.83. The van der Waals surface area contributed by atoms with Crippen LogP contribution in [0.15, 0.2) is 59.3 Å². The molecule has 31 heavy (non-hydrogen) atoms. The van der Waals surface area contributed by atoms with Gasteiger partial charge in [0.05, 0.1) is 5.69 Å². The first-order valence-electron chi connectivity index (χ1n) is 10.4.